The average molecular weight is 303 g/mol. The number of esters is 1. The first kappa shape index (κ1) is 14.9. The Balaban J connectivity index is 2.51. The maximum absolute atomic E-state index is 13.5. The second kappa shape index (κ2) is 5.13. The standard InChI is InChI=1S/C14H13ClF2O3/c1-7(2)20-13(19)14(12(16)17)6-8-4-3-5-9(15)10(8)11(14)18/h3-5,7,12H,6H2,1-2H3. The van der Waals surface area contributed by atoms with Crippen LogP contribution in [0.5, 0.6) is 0 Å². The van der Waals surface area contributed by atoms with E-state index in [0.29, 0.717) is 5.56 Å². The molecule has 1 atom stereocenters. The predicted octanol–water partition coefficient (Wildman–Crippen LogP) is 3.28. The number of hydrogen-bond donors (Lipinski definition) is 0. The minimum atomic E-state index is -3.15. The summed E-state index contributed by atoms with van der Waals surface area (Å²) in [5, 5.41) is 0.0763. The molecule has 1 aliphatic rings. The van der Waals surface area contributed by atoms with E-state index in [1.807, 2.05) is 0 Å². The Morgan fingerprint density at radius 1 is 1.40 bits per heavy atom. The summed E-state index contributed by atoms with van der Waals surface area (Å²) in [6.45, 7) is 3.08. The molecule has 1 aliphatic carbocycles. The van der Waals surface area contributed by atoms with Gasteiger partial charge in [-0.15, -0.1) is 0 Å². The number of alkyl halides is 2. The molecule has 0 aliphatic heterocycles. The Hall–Kier alpha value is -1.49. The molecule has 0 amide bonds. The summed E-state index contributed by atoms with van der Waals surface area (Å²) in [6.07, 6.45) is -4.11. The smallest absolute Gasteiger partial charge is 0.326 e. The van der Waals surface area contributed by atoms with Gasteiger partial charge in [0.1, 0.15) is 0 Å². The van der Waals surface area contributed by atoms with Crippen LogP contribution in [-0.2, 0) is 16.0 Å². The Labute approximate surface area is 119 Å². The first-order chi connectivity index (χ1) is 9.30. The molecule has 0 radical (unpaired) electrons. The molecule has 20 heavy (non-hydrogen) atoms. The normalized spacial score (nSPS) is 21.4. The maximum atomic E-state index is 13.5. The predicted molar refractivity (Wildman–Crippen MR) is 69.2 cm³/mol. The highest BCUT2D eigenvalue weighted by Gasteiger charge is 2.60. The summed E-state index contributed by atoms with van der Waals surface area (Å²) >= 11 is 5.89. The minimum Gasteiger partial charge on any atom is -0.462 e. The first-order valence-electron chi connectivity index (χ1n) is 6.12. The van der Waals surface area contributed by atoms with Gasteiger partial charge in [-0.2, -0.15) is 0 Å². The molecule has 0 bridgehead atoms. The Bertz CT molecular complexity index is 572. The Morgan fingerprint density at radius 2 is 2.05 bits per heavy atom. The highest BCUT2D eigenvalue weighted by molar-refractivity contribution is 6.35. The number of hydrogen-bond acceptors (Lipinski definition) is 3. The van der Waals surface area contributed by atoms with Gasteiger partial charge in [-0.1, -0.05) is 23.7 Å². The number of fused-ring (bicyclic) bond motifs is 1. The summed E-state index contributed by atoms with van der Waals surface area (Å²) < 4.78 is 31.8. The molecule has 0 heterocycles. The van der Waals surface area contributed by atoms with Crippen molar-refractivity contribution in [3.63, 3.8) is 0 Å². The molecule has 0 spiro atoms. The molecule has 1 aromatic carbocycles. The van der Waals surface area contributed by atoms with Gasteiger partial charge >= 0.3 is 5.97 Å². The molecule has 3 nitrogen and oxygen atoms in total. The topological polar surface area (TPSA) is 43.4 Å². The van der Waals surface area contributed by atoms with Gasteiger partial charge in [0.25, 0.3) is 6.43 Å². The van der Waals surface area contributed by atoms with Gasteiger partial charge in [-0.3, -0.25) is 9.59 Å². The van der Waals surface area contributed by atoms with Gasteiger partial charge in [0.15, 0.2) is 11.2 Å². The zero-order valence-electron chi connectivity index (χ0n) is 11.0. The van der Waals surface area contributed by atoms with Gasteiger partial charge in [-0.25, -0.2) is 8.78 Å². The summed E-state index contributed by atoms with van der Waals surface area (Å²) in [6, 6.07) is 4.52. The SMILES string of the molecule is CC(C)OC(=O)C1(C(F)F)Cc2cccc(Cl)c2C1=O. The van der Waals surface area contributed by atoms with Crippen LogP contribution in [0.2, 0.25) is 5.02 Å². The van der Waals surface area contributed by atoms with Gasteiger partial charge in [0.05, 0.1) is 11.1 Å². The molecule has 0 fully saturated rings. The van der Waals surface area contributed by atoms with Gasteiger partial charge in [-0.05, 0) is 25.5 Å². The number of Topliss-reactive ketones (excluding diaryl/α,β-unsaturated/α-hetero) is 1. The van der Waals surface area contributed by atoms with Crippen molar-refractivity contribution in [2.75, 3.05) is 0 Å². The van der Waals surface area contributed by atoms with Crippen LogP contribution >= 0.6 is 11.6 Å². The average Bonchev–Trinajstić information content (AvgIpc) is 2.64. The molecule has 2 rings (SSSR count). The lowest BCUT2D eigenvalue weighted by Crippen LogP contribution is -2.45. The van der Waals surface area contributed by atoms with Crippen molar-refractivity contribution in [3.05, 3.63) is 34.3 Å². The van der Waals surface area contributed by atoms with Crippen LogP contribution in [0.15, 0.2) is 18.2 Å². The third-order valence-corrected chi connectivity index (χ3v) is 3.60. The van der Waals surface area contributed by atoms with Crippen molar-refractivity contribution in [2.24, 2.45) is 5.41 Å². The lowest BCUT2D eigenvalue weighted by Gasteiger charge is -2.25. The second-order valence-corrected chi connectivity index (χ2v) is 5.41. The molecule has 0 saturated carbocycles. The van der Waals surface area contributed by atoms with Crippen LogP contribution in [0.25, 0.3) is 0 Å². The highest BCUT2D eigenvalue weighted by Crippen LogP contribution is 2.45. The molecule has 6 heteroatoms. The van der Waals surface area contributed by atoms with E-state index in [1.54, 1.807) is 6.07 Å². The van der Waals surface area contributed by atoms with Crippen LogP contribution in [0.4, 0.5) is 8.78 Å². The zero-order valence-corrected chi connectivity index (χ0v) is 11.7. The molecule has 108 valence electrons. The second-order valence-electron chi connectivity index (χ2n) is 5.01. The van der Waals surface area contributed by atoms with Crippen LogP contribution in [0.1, 0.15) is 29.8 Å². The molecule has 1 aromatic rings. The number of ether oxygens (including phenoxy) is 1. The van der Waals surface area contributed by atoms with E-state index in [9.17, 15) is 18.4 Å². The van der Waals surface area contributed by atoms with Crippen molar-refractivity contribution < 1.29 is 23.1 Å². The van der Waals surface area contributed by atoms with Crippen LogP contribution in [-0.4, -0.2) is 24.3 Å². The van der Waals surface area contributed by atoms with Crippen molar-refractivity contribution in [1.29, 1.82) is 0 Å². The molecular weight excluding hydrogens is 290 g/mol. The van der Waals surface area contributed by atoms with E-state index in [-0.39, 0.29) is 17.0 Å². The molecule has 0 N–H and O–H groups in total. The summed E-state index contributed by atoms with van der Waals surface area (Å²) in [5.41, 5.74) is -2.13. The van der Waals surface area contributed by atoms with Gasteiger partial charge in [0, 0.05) is 12.0 Å². The minimum absolute atomic E-state index is 0.00447. The molecule has 0 saturated heterocycles. The van der Waals surface area contributed by atoms with Crippen LogP contribution in [0.3, 0.4) is 0 Å². The number of carbonyl (C=O) groups excluding carboxylic acids is 2. The summed E-state index contributed by atoms with van der Waals surface area (Å²) in [4.78, 5) is 24.4. The van der Waals surface area contributed by atoms with Gasteiger partial charge < -0.3 is 4.74 Å². The Kier molecular flexibility index (Phi) is 3.82. The number of carbonyl (C=O) groups is 2. The number of rotatable bonds is 3. The van der Waals surface area contributed by atoms with E-state index in [1.165, 1.54) is 26.0 Å². The summed E-state index contributed by atoms with van der Waals surface area (Å²) in [7, 11) is 0. The molecule has 0 aromatic heterocycles. The fourth-order valence-corrected chi connectivity index (χ4v) is 2.60. The fourth-order valence-electron chi connectivity index (χ4n) is 2.32. The van der Waals surface area contributed by atoms with E-state index < -0.39 is 29.7 Å². The van der Waals surface area contributed by atoms with Crippen LogP contribution < -0.4 is 0 Å². The number of halogens is 3. The van der Waals surface area contributed by atoms with Crippen molar-refractivity contribution in [3.8, 4) is 0 Å². The maximum Gasteiger partial charge on any atom is 0.326 e. The molecule has 1 unspecified atom stereocenters. The Morgan fingerprint density at radius 3 is 2.55 bits per heavy atom. The lowest BCUT2D eigenvalue weighted by atomic mass is 9.84. The third kappa shape index (κ3) is 2.10. The van der Waals surface area contributed by atoms with Gasteiger partial charge in [0.2, 0.25) is 0 Å². The highest BCUT2D eigenvalue weighted by atomic mass is 35.5. The van der Waals surface area contributed by atoms with Crippen LogP contribution in [0, 0.1) is 5.41 Å². The summed E-state index contributed by atoms with van der Waals surface area (Å²) in [5.74, 6) is -2.15. The van der Waals surface area contributed by atoms with Crippen molar-refractivity contribution in [1.82, 2.24) is 0 Å². The number of ketones is 1. The first-order valence-corrected chi connectivity index (χ1v) is 6.50. The van der Waals surface area contributed by atoms with E-state index in [0.717, 1.165) is 0 Å². The third-order valence-electron chi connectivity index (χ3n) is 3.28. The largest absolute Gasteiger partial charge is 0.462 e. The lowest BCUT2D eigenvalue weighted by molar-refractivity contribution is -0.164. The van der Waals surface area contributed by atoms with E-state index in [4.69, 9.17) is 16.3 Å². The fraction of sp³-hybridized carbons (Fsp3) is 0.429. The zero-order chi connectivity index (χ0) is 15.1. The number of benzene rings is 1. The quantitative estimate of drug-likeness (QED) is 0.636. The van der Waals surface area contributed by atoms with E-state index >= 15 is 0 Å². The molecular formula is C14H13ClF2O3. The monoisotopic (exact) mass is 302 g/mol. The van der Waals surface area contributed by atoms with Crippen molar-refractivity contribution >= 4 is 23.4 Å². The van der Waals surface area contributed by atoms with E-state index in [2.05, 4.69) is 0 Å². The van der Waals surface area contributed by atoms with Crippen molar-refractivity contribution in [2.45, 2.75) is 32.8 Å².